The van der Waals surface area contributed by atoms with E-state index < -0.39 is 5.60 Å². The minimum atomic E-state index is -1.06. The summed E-state index contributed by atoms with van der Waals surface area (Å²) in [4.78, 5) is 4.80. The first-order chi connectivity index (χ1) is 6.72. The van der Waals surface area contributed by atoms with Gasteiger partial charge in [0.1, 0.15) is 10.2 Å². The van der Waals surface area contributed by atoms with E-state index >= 15 is 0 Å². The lowest BCUT2D eigenvalue weighted by atomic mass is 10.1. The molecule has 1 aromatic rings. The Morgan fingerprint density at radius 2 is 2.07 bits per heavy atom. The average Bonchev–Trinajstić information content (AvgIpc) is 2.46. The second-order valence-electron chi connectivity index (χ2n) is 3.11. The highest BCUT2D eigenvalue weighted by Crippen LogP contribution is 2.32. The van der Waals surface area contributed by atoms with Gasteiger partial charge in [-0.1, -0.05) is 0 Å². The summed E-state index contributed by atoms with van der Waals surface area (Å²) in [6, 6.07) is 0. The maximum Gasteiger partial charge on any atom is 0.148 e. The number of ether oxygens (including phenoxy) is 2. The first-order valence-corrected chi connectivity index (χ1v) is 5.87. The lowest BCUT2D eigenvalue weighted by molar-refractivity contribution is -0.0579. The smallest absolute Gasteiger partial charge is 0.148 e. The lowest BCUT2D eigenvalue weighted by Crippen LogP contribution is -2.34. The Balaban J connectivity index is 2.25. The van der Waals surface area contributed by atoms with Crippen LogP contribution in [-0.2, 0) is 15.1 Å². The summed E-state index contributed by atoms with van der Waals surface area (Å²) in [5.41, 5.74) is 0.624. The molecule has 0 amide bonds. The maximum atomic E-state index is 10.3. The first kappa shape index (κ1) is 10.5. The summed E-state index contributed by atoms with van der Waals surface area (Å²) in [6.45, 7) is 1.57. The van der Waals surface area contributed by atoms with E-state index in [1.165, 1.54) is 11.3 Å². The van der Waals surface area contributed by atoms with Crippen LogP contribution in [0.25, 0.3) is 0 Å². The molecule has 14 heavy (non-hydrogen) atoms. The molecule has 0 radical (unpaired) electrons. The molecule has 1 aliphatic heterocycles. The van der Waals surface area contributed by atoms with E-state index in [0.29, 0.717) is 17.8 Å². The van der Waals surface area contributed by atoms with Crippen molar-refractivity contribution in [2.45, 2.75) is 5.60 Å². The number of hydrogen-bond donors (Lipinski definition) is 1. The molecule has 78 valence electrons. The Morgan fingerprint density at radius 1 is 1.43 bits per heavy atom. The van der Waals surface area contributed by atoms with Crippen molar-refractivity contribution in [2.24, 2.45) is 0 Å². The van der Waals surface area contributed by atoms with Crippen LogP contribution in [0.15, 0.2) is 10.1 Å². The summed E-state index contributed by atoms with van der Waals surface area (Å²) in [5, 5.41) is 10.3. The summed E-state index contributed by atoms with van der Waals surface area (Å²) >= 11 is 4.69. The van der Waals surface area contributed by atoms with Gasteiger partial charge in [-0.3, -0.25) is 0 Å². The van der Waals surface area contributed by atoms with E-state index in [-0.39, 0.29) is 13.2 Å². The average molecular weight is 280 g/mol. The Labute approximate surface area is 94.0 Å². The van der Waals surface area contributed by atoms with Crippen LogP contribution >= 0.6 is 27.3 Å². The maximum absolute atomic E-state index is 10.3. The molecule has 1 aliphatic rings. The summed E-state index contributed by atoms with van der Waals surface area (Å²) in [5.74, 6) is 0. The molecule has 0 unspecified atom stereocenters. The van der Waals surface area contributed by atoms with Gasteiger partial charge in [0.15, 0.2) is 0 Å². The Hall–Kier alpha value is -0.0100. The van der Waals surface area contributed by atoms with Gasteiger partial charge in [-0.25, -0.2) is 4.98 Å². The van der Waals surface area contributed by atoms with E-state index in [2.05, 4.69) is 20.9 Å². The molecule has 2 rings (SSSR count). The fourth-order valence-electron chi connectivity index (χ4n) is 1.31. The highest BCUT2D eigenvalue weighted by atomic mass is 79.9. The van der Waals surface area contributed by atoms with Crippen LogP contribution in [-0.4, -0.2) is 36.5 Å². The molecule has 4 nitrogen and oxygen atoms in total. The normalized spacial score (nSPS) is 21.9. The zero-order valence-electron chi connectivity index (χ0n) is 7.40. The Kier molecular flexibility index (Phi) is 3.18. The molecule has 0 atom stereocenters. The minimum Gasteiger partial charge on any atom is -0.379 e. The summed E-state index contributed by atoms with van der Waals surface area (Å²) in [6.07, 6.45) is 0. The second-order valence-corrected chi connectivity index (χ2v) is 4.71. The van der Waals surface area contributed by atoms with Crippen molar-refractivity contribution in [1.82, 2.24) is 4.98 Å². The summed E-state index contributed by atoms with van der Waals surface area (Å²) < 4.78 is 11.2. The van der Waals surface area contributed by atoms with Crippen LogP contribution < -0.4 is 0 Å². The molecule has 0 saturated carbocycles. The SMILES string of the molecule is OC1(c2scnc2Br)COCCOC1. The van der Waals surface area contributed by atoms with E-state index in [9.17, 15) is 5.11 Å². The van der Waals surface area contributed by atoms with Crippen molar-refractivity contribution in [3.05, 3.63) is 15.0 Å². The highest BCUT2D eigenvalue weighted by molar-refractivity contribution is 9.10. The van der Waals surface area contributed by atoms with Gasteiger partial charge in [0.25, 0.3) is 0 Å². The van der Waals surface area contributed by atoms with Gasteiger partial charge in [-0.15, -0.1) is 11.3 Å². The van der Waals surface area contributed by atoms with Gasteiger partial charge in [-0.2, -0.15) is 0 Å². The van der Waals surface area contributed by atoms with Gasteiger partial charge in [0, 0.05) is 0 Å². The molecule has 0 aromatic carbocycles. The van der Waals surface area contributed by atoms with Gasteiger partial charge in [0.2, 0.25) is 0 Å². The Morgan fingerprint density at radius 3 is 2.57 bits per heavy atom. The monoisotopic (exact) mass is 279 g/mol. The van der Waals surface area contributed by atoms with Crippen LogP contribution in [0.2, 0.25) is 0 Å². The topological polar surface area (TPSA) is 51.6 Å². The van der Waals surface area contributed by atoms with Crippen LogP contribution in [0.4, 0.5) is 0 Å². The molecule has 0 aliphatic carbocycles. The number of rotatable bonds is 1. The summed E-state index contributed by atoms with van der Waals surface area (Å²) in [7, 11) is 0. The molecule has 1 N–H and O–H groups in total. The minimum absolute atomic E-state index is 0.258. The van der Waals surface area contributed by atoms with Gasteiger partial charge >= 0.3 is 0 Å². The predicted octanol–water partition coefficient (Wildman–Crippen LogP) is 1.14. The standard InChI is InChI=1S/C8H10BrNO3S/c9-7-6(14-5-10-7)8(11)3-12-1-2-13-4-8/h5,11H,1-4H2. The predicted molar refractivity (Wildman–Crippen MR) is 55.3 cm³/mol. The van der Waals surface area contributed by atoms with Gasteiger partial charge in [0.05, 0.1) is 36.8 Å². The molecule has 2 heterocycles. The number of hydrogen-bond acceptors (Lipinski definition) is 5. The van der Waals surface area contributed by atoms with E-state index in [4.69, 9.17) is 9.47 Å². The number of aliphatic hydroxyl groups is 1. The Bertz CT molecular complexity index is 309. The molecule has 1 aromatic heterocycles. The third-order valence-corrected chi connectivity index (χ3v) is 3.88. The third kappa shape index (κ3) is 1.99. The third-order valence-electron chi connectivity index (χ3n) is 2.00. The van der Waals surface area contributed by atoms with Crippen molar-refractivity contribution < 1.29 is 14.6 Å². The van der Waals surface area contributed by atoms with Crippen molar-refractivity contribution >= 4 is 27.3 Å². The van der Waals surface area contributed by atoms with E-state index in [1.54, 1.807) is 5.51 Å². The highest BCUT2D eigenvalue weighted by Gasteiger charge is 2.35. The van der Waals surface area contributed by atoms with Gasteiger partial charge in [-0.05, 0) is 15.9 Å². The number of aromatic nitrogens is 1. The number of halogens is 1. The van der Waals surface area contributed by atoms with Crippen LogP contribution in [0, 0.1) is 0 Å². The number of thiazole rings is 1. The van der Waals surface area contributed by atoms with Crippen LogP contribution in [0.1, 0.15) is 4.88 Å². The molecule has 0 bridgehead atoms. The fourth-order valence-corrected chi connectivity index (χ4v) is 2.94. The molecule has 1 fully saturated rings. The second kappa shape index (κ2) is 4.24. The molecule has 1 saturated heterocycles. The van der Waals surface area contributed by atoms with E-state index in [0.717, 1.165) is 4.88 Å². The van der Waals surface area contributed by atoms with Gasteiger partial charge < -0.3 is 14.6 Å². The molecular formula is C8H10BrNO3S. The van der Waals surface area contributed by atoms with Crippen molar-refractivity contribution in [3.63, 3.8) is 0 Å². The van der Waals surface area contributed by atoms with Crippen molar-refractivity contribution in [2.75, 3.05) is 26.4 Å². The lowest BCUT2D eigenvalue weighted by Gasteiger charge is -2.23. The molecular weight excluding hydrogens is 270 g/mol. The van der Waals surface area contributed by atoms with Crippen LogP contribution in [0.3, 0.4) is 0 Å². The number of nitrogens with zero attached hydrogens (tertiary/aromatic N) is 1. The molecule has 0 spiro atoms. The quantitative estimate of drug-likeness (QED) is 0.838. The first-order valence-electron chi connectivity index (χ1n) is 4.20. The van der Waals surface area contributed by atoms with Crippen molar-refractivity contribution in [3.8, 4) is 0 Å². The zero-order valence-corrected chi connectivity index (χ0v) is 9.81. The largest absolute Gasteiger partial charge is 0.379 e. The van der Waals surface area contributed by atoms with Crippen molar-refractivity contribution in [1.29, 1.82) is 0 Å². The van der Waals surface area contributed by atoms with Crippen LogP contribution in [0.5, 0.6) is 0 Å². The zero-order chi connectivity index (χ0) is 10.0. The fraction of sp³-hybridized carbons (Fsp3) is 0.625. The molecule has 6 heteroatoms. The van der Waals surface area contributed by atoms with E-state index in [1.807, 2.05) is 0 Å².